The van der Waals surface area contributed by atoms with Crippen LogP contribution < -0.4 is 5.73 Å². The van der Waals surface area contributed by atoms with E-state index in [9.17, 15) is 0 Å². The minimum absolute atomic E-state index is 0.0626. The lowest BCUT2D eigenvalue weighted by atomic mass is 9.88. The molecule has 2 nitrogen and oxygen atoms in total. The number of nitrogens with two attached hydrogens (primary N) is 1. The first-order valence-electron chi connectivity index (χ1n) is 6.91. The van der Waals surface area contributed by atoms with Gasteiger partial charge in [0.1, 0.15) is 0 Å². The molecule has 19 heavy (non-hydrogen) atoms. The molecule has 0 spiro atoms. The summed E-state index contributed by atoms with van der Waals surface area (Å²) in [5, 5.41) is 1.38. The van der Waals surface area contributed by atoms with E-state index in [1.165, 1.54) is 12.8 Å². The van der Waals surface area contributed by atoms with E-state index in [0.29, 0.717) is 23.1 Å². The predicted octanol–water partition coefficient (Wildman–Crippen LogP) is 4.21. The summed E-state index contributed by atoms with van der Waals surface area (Å²) in [6.07, 6.45) is 5.10. The highest BCUT2D eigenvalue weighted by Gasteiger charge is 2.40. The van der Waals surface area contributed by atoms with Crippen molar-refractivity contribution >= 4 is 23.2 Å². The first kappa shape index (κ1) is 15.1. The van der Waals surface area contributed by atoms with Crippen molar-refractivity contribution in [3.05, 3.63) is 33.8 Å². The number of rotatable bonds is 5. The molecule has 1 fully saturated rings. The van der Waals surface area contributed by atoms with Crippen molar-refractivity contribution in [3.63, 3.8) is 0 Å². The number of hydrogen-bond donors (Lipinski definition) is 1. The average molecular weight is 302 g/mol. The zero-order valence-electron chi connectivity index (χ0n) is 11.3. The Bertz CT molecular complexity index is 410. The summed E-state index contributed by atoms with van der Waals surface area (Å²) in [5.41, 5.74) is 7.16. The summed E-state index contributed by atoms with van der Waals surface area (Å²) < 4.78 is 5.99. The second-order valence-electron chi connectivity index (χ2n) is 5.22. The molecule has 0 bridgehead atoms. The second kappa shape index (κ2) is 6.45. The van der Waals surface area contributed by atoms with Crippen LogP contribution in [0.5, 0.6) is 0 Å². The maximum absolute atomic E-state index is 6.43. The Labute approximate surface area is 125 Å². The molecule has 1 aromatic carbocycles. The number of hydrogen-bond acceptors (Lipinski definition) is 2. The molecule has 0 heterocycles. The van der Waals surface area contributed by atoms with E-state index >= 15 is 0 Å². The normalized spacial score (nSPS) is 19.6. The van der Waals surface area contributed by atoms with E-state index in [2.05, 4.69) is 0 Å². The quantitative estimate of drug-likeness (QED) is 0.884. The summed E-state index contributed by atoms with van der Waals surface area (Å²) in [6, 6.07) is 5.51. The molecule has 1 unspecified atom stereocenters. The van der Waals surface area contributed by atoms with Crippen LogP contribution in [0.15, 0.2) is 18.2 Å². The highest BCUT2D eigenvalue weighted by atomic mass is 35.5. The molecule has 1 aliphatic carbocycles. The van der Waals surface area contributed by atoms with E-state index in [-0.39, 0.29) is 11.6 Å². The van der Waals surface area contributed by atoms with Crippen LogP contribution in [-0.2, 0) is 11.2 Å². The molecule has 0 aromatic heterocycles. The van der Waals surface area contributed by atoms with Gasteiger partial charge in [-0.3, -0.25) is 0 Å². The number of ether oxygens (including phenoxy) is 1. The van der Waals surface area contributed by atoms with E-state index < -0.39 is 0 Å². The molecule has 0 radical (unpaired) electrons. The maximum atomic E-state index is 6.43. The second-order valence-corrected chi connectivity index (χ2v) is 6.03. The summed E-state index contributed by atoms with van der Waals surface area (Å²) in [4.78, 5) is 0. The lowest BCUT2D eigenvalue weighted by molar-refractivity contribution is -0.0524. The van der Waals surface area contributed by atoms with Crippen molar-refractivity contribution in [2.45, 2.75) is 50.7 Å². The summed E-state index contributed by atoms with van der Waals surface area (Å²) in [6.45, 7) is 2.72. The van der Waals surface area contributed by atoms with Gasteiger partial charge in [-0.1, -0.05) is 42.1 Å². The molecule has 2 rings (SSSR count). The third-order valence-electron chi connectivity index (χ3n) is 4.04. The van der Waals surface area contributed by atoms with Gasteiger partial charge in [-0.2, -0.15) is 0 Å². The lowest BCUT2D eigenvalue weighted by Gasteiger charge is -2.35. The molecular formula is C15H21Cl2NO. The van der Waals surface area contributed by atoms with Crippen LogP contribution in [0.1, 0.15) is 38.2 Å². The van der Waals surface area contributed by atoms with Crippen molar-refractivity contribution in [2.24, 2.45) is 5.73 Å². The van der Waals surface area contributed by atoms with Crippen LogP contribution in [0.4, 0.5) is 0 Å². The zero-order chi connectivity index (χ0) is 13.9. The third kappa shape index (κ3) is 3.25. The highest BCUT2D eigenvalue weighted by molar-refractivity contribution is 6.36. The van der Waals surface area contributed by atoms with Gasteiger partial charge in [0.2, 0.25) is 0 Å². The van der Waals surface area contributed by atoms with Gasteiger partial charge in [-0.05, 0) is 43.9 Å². The molecule has 1 aromatic rings. The van der Waals surface area contributed by atoms with Gasteiger partial charge >= 0.3 is 0 Å². The zero-order valence-corrected chi connectivity index (χ0v) is 12.8. The Balaban J connectivity index is 2.17. The fourth-order valence-corrected chi connectivity index (χ4v) is 3.57. The van der Waals surface area contributed by atoms with Crippen molar-refractivity contribution < 1.29 is 4.74 Å². The Hall–Kier alpha value is -0.280. The minimum Gasteiger partial charge on any atom is -0.374 e. The topological polar surface area (TPSA) is 35.2 Å². The van der Waals surface area contributed by atoms with Crippen molar-refractivity contribution in [3.8, 4) is 0 Å². The Morgan fingerprint density at radius 3 is 2.37 bits per heavy atom. The molecule has 1 saturated carbocycles. The van der Waals surface area contributed by atoms with Gasteiger partial charge in [0, 0.05) is 22.7 Å². The van der Waals surface area contributed by atoms with Crippen molar-refractivity contribution in [1.82, 2.24) is 0 Å². The molecular weight excluding hydrogens is 281 g/mol. The monoisotopic (exact) mass is 301 g/mol. The number of halogens is 2. The van der Waals surface area contributed by atoms with E-state index in [1.54, 1.807) is 0 Å². The van der Waals surface area contributed by atoms with E-state index in [1.807, 2.05) is 25.1 Å². The third-order valence-corrected chi connectivity index (χ3v) is 4.75. The summed E-state index contributed by atoms with van der Waals surface area (Å²) in [7, 11) is 0. The SMILES string of the molecule is CCOC1(C(N)Cc2c(Cl)cccc2Cl)CCCC1. The Morgan fingerprint density at radius 1 is 1.26 bits per heavy atom. The largest absolute Gasteiger partial charge is 0.374 e. The molecule has 106 valence electrons. The van der Waals surface area contributed by atoms with Crippen LogP contribution in [-0.4, -0.2) is 18.2 Å². The Kier molecular flexibility index (Phi) is 5.13. The summed E-state index contributed by atoms with van der Waals surface area (Å²) in [5.74, 6) is 0. The standard InChI is InChI=1S/C15H21Cl2NO/c1-2-19-15(8-3-4-9-15)14(18)10-11-12(16)6-5-7-13(11)17/h5-7,14H,2-4,8-10,18H2,1H3. The van der Waals surface area contributed by atoms with Crippen LogP contribution in [0.3, 0.4) is 0 Å². The van der Waals surface area contributed by atoms with Gasteiger partial charge < -0.3 is 10.5 Å². The van der Waals surface area contributed by atoms with Gasteiger partial charge in [-0.25, -0.2) is 0 Å². The van der Waals surface area contributed by atoms with E-state index in [0.717, 1.165) is 18.4 Å². The average Bonchev–Trinajstić information content (AvgIpc) is 2.84. The summed E-state index contributed by atoms with van der Waals surface area (Å²) >= 11 is 12.4. The van der Waals surface area contributed by atoms with Gasteiger partial charge in [-0.15, -0.1) is 0 Å². The minimum atomic E-state index is -0.197. The molecule has 0 aliphatic heterocycles. The van der Waals surface area contributed by atoms with Crippen molar-refractivity contribution in [1.29, 1.82) is 0 Å². The van der Waals surface area contributed by atoms with Crippen LogP contribution in [0.25, 0.3) is 0 Å². The Morgan fingerprint density at radius 2 is 1.84 bits per heavy atom. The van der Waals surface area contributed by atoms with Crippen LogP contribution in [0, 0.1) is 0 Å². The van der Waals surface area contributed by atoms with Gasteiger partial charge in [0.05, 0.1) is 5.60 Å². The predicted molar refractivity (Wildman–Crippen MR) is 81.0 cm³/mol. The first-order chi connectivity index (χ1) is 9.09. The fourth-order valence-electron chi connectivity index (χ4n) is 3.02. The lowest BCUT2D eigenvalue weighted by Crippen LogP contribution is -2.49. The van der Waals surface area contributed by atoms with Crippen LogP contribution in [0.2, 0.25) is 10.0 Å². The van der Waals surface area contributed by atoms with Crippen LogP contribution >= 0.6 is 23.2 Å². The van der Waals surface area contributed by atoms with Crippen molar-refractivity contribution in [2.75, 3.05) is 6.61 Å². The molecule has 1 aliphatic rings. The highest BCUT2D eigenvalue weighted by Crippen LogP contribution is 2.38. The smallest absolute Gasteiger partial charge is 0.0835 e. The van der Waals surface area contributed by atoms with Gasteiger partial charge in [0.15, 0.2) is 0 Å². The molecule has 4 heteroatoms. The molecule has 1 atom stereocenters. The fraction of sp³-hybridized carbons (Fsp3) is 0.600. The molecule has 0 saturated heterocycles. The molecule has 0 amide bonds. The first-order valence-corrected chi connectivity index (χ1v) is 7.67. The van der Waals surface area contributed by atoms with Gasteiger partial charge in [0.25, 0.3) is 0 Å². The number of benzene rings is 1. The molecule has 2 N–H and O–H groups in total. The maximum Gasteiger partial charge on any atom is 0.0835 e. The van der Waals surface area contributed by atoms with E-state index in [4.69, 9.17) is 33.7 Å².